The molecule has 144 valence electrons. The summed E-state index contributed by atoms with van der Waals surface area (Å²) in [5, 5.41) is 6.37. The fourth-order valence-corrected chi connectivity index (χ4v) is 3.58. The van der Waals surface area contributed by atoms with Crippen LogP contribution < -0.4 is 16.4 Å². The SMILES string of the molecule is CN=C(NCc1ccc(C(N)=O)cc1)NCc1ccc(S(C)(=O)=O)c(C)c1. The van der Waals surface area contributed by atoms with Crippen molar-refractivity contribution in [3.63, 3.8) is 0 Å². The highest BCUT2D eigenvalue weighted by Crippen LogP contribution is 2.16. The minimum Gasteiger partial charge on any atom is -0.366 e. The zero-order valence-corrected chi connectivity index (χ0v) is 16.4. The third-order valence-corrected chi connectivity index (χ3v) is 5.28. The molecule has 0 atom stereocenters. The second-order valence-corrected chi connectivity index (χ2v) is 8.20. The Kier molecular flexibility index (Phi) is 6.57. The Morgan fingerprint density at radius 2 is 1.59 bits per heavy atom. The molecule has 0 heterocycles. The van der Waals surface area contributed by atoms with Gasteiger partial charge in [0.15, 0.2) is 15.8 Å². The number of amides is 1. The van der Waals surface area contributed by atoms with Crippen LogP contribution >= 0.6 is 0 Å². The van der Waals surface area contributed by atoms with Gasteiger partial charge >= 0.3 is 0 Å². The largest absolute Gasteiger partial charge is 0.366 e. The molecule has 7 nitrogen and oxygen atoms in total. The number of benzene rings is 2. The lowest BCUT2D eigenvalue weighted by molar-refractivity contribution is 0.100. The van der Waals surface area contributed by atoms with Gasteiger partial charge in [0, 0.05) is 32.0 Å². The second-order valence-electron chi connectivity index (χ2n) is 6.21. The summed E-state index contributed by atoms with van der Waals surface area (Å²) in [7, 11) is -1.55. The molecular weight excluding hydrogens is 364 g/mol. The molecule has 0 bridgehead atoms. The quantitative estimate of drug-likeness (QED) is 0.511. The van der Waals surface area contributed by atoms with Crippen LogP contribution in [0.5, 0.6) is 0 Å². The second kappa shape index (κ2) is 8.68. The van der Waals surface area contributed by atoms with E-state index < -0.39 is 15.7 Å². The minimum absolute atomic E-state index is 0.341. The maximum Gasteiger partial charge on any atom is 0.248 e. The first-order chi connectivity index (χ1) is 12.7. The number of nitrogens with one attached hydrogen (secondary N) is 2. The Morgan fingerprint density at radius 1 is 1.04 bits per heavy atom. The number of hydrogen-bond donors (Lipinski definition) is 3. The summed E-state index contributed by atoms with van der Waals surface area (Å²) in [5.74, 6) is 0.156. The summed E-state index contributed by atoms with van der Waals surface area (Å²) >= 11 is 0. The smallest absolute Gasteiger partial charge is 0.248 e. The van der Waals surface area contributed by atoms with E-state index in [0.717, 1.165) is 11.1 Å². The van der Waals surface area contributed by atoms with Crippen LogP contribution in [0.2, 0.25) is 0 Å². The zero-order valence-electron chi connectivity index (χ0n) is 15.6. The van der Waals surface area contributed by atoms with Gasteiger partial charge in [-0.25, -0.2) is 8.42 Å². The number of carbonyl (C=O) groups excluding carboxylic acids is 1. The standard InChI is InChI=1S/C19H24N4O3S/c1-13-10-15(6-9-17(13)27(3,25)26)12-23-19(21-2)22-11-14-4-7-16(8-5-14)18(20)24/h4-10H,11-12H2,1-3H3,(H2,20,24)(H2,21,22,23). The molecule has 0 aliphatic rings. The number of aryl methyl sites for hydroxylation is 1. The molecule has 0 aromatic heterocycles. The van der Waals surface area contributed by atoms with E-state index in [1.165, 1.54) is 6.26 Å². The number of hydrogen-bond acceptors (Lipinski definition) is 4. The first kappa shape index (κ1) is 20.4. The average Bonchev–Trinajstić information content (AvgIpc) is 2.61. The summed E-state index contributed by atoms with van der Waals surface area (Å²) in [6.45, 7) is 2.82. The summed E-state index contributed by atoms with van der Waals surface area (Å²) < 4.78 is 23.4. The van der Waals surface area contributed by atoms with Crippen LogP contribution in [-0.2, 0) is 22.9 Å². The number of primary amides is 1. The van der Waals surface area contributed by atoms with Crippen molar-refractivity contribution >= 4 is 21.7 Å². The topological polar surface area (TPSA) is 114 Å². The van der Waals surface area contributed by atoms with Crippen molar-refractivity contribution in [1.29, 1.82) is 0 Å². The van der Waals surface area contributed by atoms with Crippen LogP contribution in [0.15, 0.2) is 52.4 Å². The van der Waals surface area contributed by atoms with Crippen molar-refractivity contribution in [2.75, 3.05) is 13.3 Å². The van der Waals surface area contributed by atoms with Gasteiger partial charge in [0.2, 0.25) is 5.91 Å². The van der Waals surface area contributed by atoms with Gasteiger partial charge in [-0.15, -0.1) is 0 Å². The lowest BCUT2D eigenvalue weighted by atomic mass is 10.1. The summed E-state index contributed by atoms with van der Waals surface area (Å²) in [5.41, 5.74) is 8.35. The van der Waals surface area contributed by atoms with Crippen molar-refractivity contribution in [1.82, 2.24) is 10.6 Å². The predicted molar refractivity (Wildman–Crippen MR) is 106 cm³/mol. The van der Waals surface area contributed by atoms with Crippen LogP contribution in [0.3, 0.4) is 0 Å². The molecule has 0 unspecified atom stereocenters. The normalized spacial score (nSPS) is 11.9. The zero-order chi connectivity index (χ0) is 20.0. The van der Waals surface area contributed by atoms with E-state index in [-0.39, 0.29) is 0 Å². The van der Waals surface area contributed by atoms with Crippen molar-refractivity contribution < 1.29 is 13.2 Å². The molecule has 0 aliphatic heterocycles. The molecular formula is C19H24N4O3S. The van der Waals surface area contributed by atoms with E-state index in [2.05, 4.69) is 15.6 Å². The Balaban J connectivity index is 1.94. The van der Waals surface area contributed by atoms with E-state index in [0.29, 0.717) is 35.1 Å². The van der Waals surface area contributed by atoms with Crippen LogP contribution in [-0.4, -0.2) is 33.6 Å². The highest BCUT2D eigenvalue weighted by Gasteiger charge is 2.11. The van der Waals surface area contributed by atoms with E-state index >= 15 is 0 Å². The van der Waals surface area contributed by atoms with Crippen LogP contribution in [0.25, 0.3) is 0 Å². The molecule has 2 aromatic carbocycles. The van der Waals surface area contributed by atoms with E-state index in [9.17, 15) is 13.2 Å². The van der Waals surface area contributed by atoms with E-state index in [4.69, 9.17) is 5.73 Å². The third-order valence-electron chi connectivity index (χ3n) is 4.02. The number of carbonyl (C=O) groups is 1. The summed E-state index contributed by atoms with van der Waals surface area (Å²) in [6.07, 6.45) is 1.20. The average molecular weight is 388 g/mol. The molecule has 4 N–H and O–H groups in total. The van der Waals surface area contributed by atoms with E-state index in [1.54, 1.807) is 38.2 Å². The third kappa shape index (κ3) is 5.82. The minimum atomic E-state index is -3.22. The monoisotopic (exact) mass is 388 g/mol. The lowest BCUT2D eigenvalue weighted by Gasteiger charge is -2.13. The van der Waals surface area contributed by atoms with Gasteiger partial charge in [-0.3, -0.25) is 9.79 Å². The molecule has 0 saturated carbocycles. The number of aliphatic imine (C=N–C) groups is 1. The maximum atomic E-state index is 11.7. The highest BCUT2D eigenvalue weighted by molar-refractivity contribution is 7.90. The molecule has 0 fully saturated rings. The summed E-state index contributed by atoms with van der Waals surface area (Å²) in [4.78, 5) is 15.6. The van der Waals surface area contributed by atoms with Gasteiger partial charge < -0.3 is 16.4 Å². The number of guanidine groups is 1. The molecule has 0 saturated heterocycles. The molecule has 0 radical (unpaired) electrons. The van der Waals surface area contributed by atoms with Gasteiger partial charge in [0.05, 0.1) is 4.90 Å². The summed E-state index contributed by atoms with van der Waals surface area (Å²) in [6, 6.07) is 12.3. The fourth-order valence-electron chi connectivity index (χ4n) is 2.62. The number of rotatable bonds is 6. The van der Waals surface area contributed by atoms with Crippen molar-refractivity contribution in [2.45, 2.75) is 24.9 Å². The number of sulfone groups is 1. The number of nitrogens with two attached hydrogens (primary N) is 1. The molecule has 0 spiro atoms. The van der Waals surface area contributed by atoms with Gasteiger partial charge in [-0.2, -0.15) is 0 Å². The van der Waals surface area contributed by atoms with Gasteiger partial charge in [-0.1, -0.05) is 24.3 Å². The molecule has 27 heavy (non-hydrogen) atoms. The van der Waals surface area contributed by atoms with Gasteiger partial charge in [-0.05, 0) is 41.8 Å². The fraction of sp³-hybridized carbons (Fsp3) is 0.263. The molecule has 8 heteroatoms. The highest BCUT2D eigenvalue weighted by atomic mass is 32.2. The molecule has 1 amide bonds. The lowest BCUT2D eigenvalue weighted by Crippen LogP contribution is -2.36. The first-order valence-corrected chi connectivity index (χ1v) is 10.2. The van der Waals surface area contributed by atoms with Gasteiger partial charge in [0.25, 0.3) is 0 Å². The molecule has 2 aromatic rings. The van der Waals surface area contributed by atoms with Crippen LogP contribution in [0.4, 0.5) is 0 Å². The Hall–Kier alpha value is -2.87. The Labute approximate surface area is 159 Å². The van der Waals surface area contributed by atoms with Crippen LogP contribution in [0, 0.1) is 6.92 Å². The van der Waals surface area contributed by atoms with Gasteiger partial charge in [0.1, 0.15) is 0 Å². The van der Waals surface area contributed by atoms with Crippen molar-refractivity contribution in [2.24, 2.45) is 10.7 Å². The molecule has 2 rings (SSSR count). The number of nitrogens with zero attached hydrogens (tertiary/aromatic N) is 1. The van der Waals surface area contributed by atoms with Crippen molar-refractivity contribution in [3.05, 3.63) is 64.7 Å². The van der Waals surface area contributed by atoms with Crippen molar-refractivity contribution in [3.8, 4) is 0 Å². The first-order valence-electron chi connectivity index (χ1n) is 8.33. The molecule has 0 aliphatic carbocycles. The predicted octanol–water partition coefficient (Wildman–Crippen LogP) is 1.36. The van der Waals surface area contributed by atoms with E-state index in [1.807, 2.05) is 18.2 Å². The maximum absolute atomic E-state index is 11.7. The van der Waals surface area contributed by atoms with Crippen LogP contribution in [0.1, 0.15) is 27.0 Å². The Bertz CT molecular complexity index is 951. The Morgan fingerprint density at radius 3 is 2.07 bits per heavy atom.